The summed E-state index contributed by atoms with van der Waals surface area (Å²) in [5.74, 6) is 0.751. The van der Waals surface area contributed by atoms with E-state index in [0.717, 1.165) is 36.2 Å². The van der Waals surface area contributed by atoms with Crippen LogP contribution in [0.4, 0.5) is 5.69 Å². The third kappa shape index (κ3) is 6.52. The molecule has 1 N–H and O–H groups in total. The number of benzene rings is 1. The molecule has 0 saturated heterocycles. The number of ether oxygens (including phenoxy) is 1. The number of unbranched alkanes of at least 4 members (excludes halogenated alkanes) is 1. The third-order valence-electron chi connectivity index (χ3n) is 4.52. The maximum absolute atomic E-state index is 12.6. The number of sulfonamides is 1. The Morgan fingerprint density at radius 1 is 1.23 bits per heavy atom. The Labute approximate surface area is 158 Å². The lowest BCUT2D eigenvalue weighted by Crippen LogP contribution is -2.48. The van der Waals surface area contributed by atoms with E-state index in [1.807, 2.05) is 0 Å². The standard InChI is InChI=1S/C19H32N2O4S/c1-6-8-9-16(7-2)14-20-19(22)15(3)21(26(5,23)24)17-10-12-18(25-4)13-11-17/h10-13,15-16H,6-9,14H2,1-5H3,(H,20,22). The normalized spacial score (nSPS) is 13.7. The number of carbonyl (C=O) groups excluding carboxylic acids is 1. The first-order valence-corrected chi connectivity index (χ1v) is 11.0. The molecule has 1 aromatic rings. The van der Waals surface area contributed by atoms with Gasteiger partial charge in [0.05, 0.1) is 19.1 Å². The van der Waals surface area contributed by atoms with Gasteiger partial charge in [-0.25, -0.2) is 8.42 Å². The van der Waals surface area contributed by atoms with Crippen molar-refractivity contribution in [2.75, 3.05) is 24.2 Å². The highest BCUT2D eigenvalue weighted by molar-refractivity contribution is 7.92. The molecule has 7 heteroatoms. The molecule has 148 valence electrons. The van der Waals surface area contributed by atoms with E-state index in [-0.39, 0.29) is 5.91 Å². The van der Waals surface area contributed by atoms with Gasteiger partial charge in [0.2, 0.25) is 15.9 Å². The van der Waals surface area contributed by atoms with Crippen LogP contribution < -0.4 is 14.4 Å². The van der Waals surface area contributed by atoms with E-state index >= 15 is 0 Å². The van der Waals surface area contributed by atoms with Crippen molar-refractivity contribution in [3.8, 4) is 5.75 Å². The smallest absolute Gasteiger partial charge is 0.243 e. The van der Waals surface area contributed by atoms with Gasteiger partial charge in [-0.1, -0.05) is 33.1 Å². The number of anilines is 1. The minimum absolute atomic E-state index is 0.291. The van der Waals surface area contributed by atoms with Gasteiger partial charge in [0.1, 0.15) is 11.8 Å². The van der Waals surface area contributed by atoms with Crippen LogP contribution in [0.5, 0.6) is 5.75 Å². The van der Waals surface area contributed by atoms with Gasteiger partial charge in [-0.3, -0.25) is 9.10 Å². The Morgan fingerprint density at radius 3 is 2.31 bits per heavy atom. The summed E-state index contributed by atoms with van der Waals surface area (Å²) in [5.41, 5.74) is 0.439. The van der Waals surface area contributed by atoms with Crippen molar-refractivity contribution in [1.82, 2.24) is 5.32 Å². The monoisotopic (exact) mass is 384 g/mol. The highest BCUT2D eigenvalue weighted by atomic mass is 32.2. The van der Waals surface area contributed by atoms with Crippen LogP contribution in [0.1, 0.15) is 46.5 Å². The molecule has 1 aromatic carbocycles. The molecule has 0 aliphatic heterocycles. The average Bonchev–Trinajstić information content (AvgIpc) is 2.61. The van der Waals surface area contributed by atoms with Gasteiger partial charge in [0.25, 0.3) is 0 Å². The van der Waals surface area contributed by atoms with Crippen molar-refractivity contribution in [3.63, 3.8) is 0 Å². The van der Waals surface area contributed by atoms with Gasteiger partial charge in [-0.2, -0.15) is 0 Å². The Morgan fingerprint density at radius 2 is 1.85 bits per heavy atom. The number of hydrogen-bond donors (Lipinski definition) is 1. The lowest BCUT2D eigenvalue weighted by Gasteiger charge is -2.29. The van der Waals surface area contributed by atoms with Gasteiger partial charge in [-0.15, -0.1) is 0 Å². The van der Waals surface area contributed by atoms with E-state index in [0.29, 0.717) is 23.9 Å². The summed E-state index contributed by atoms with van der Waals surface area (Å²) in [4.78, 5) is 12.6. The summed E-state index contributed by atoms with van der Waals surface area (Å²) in [6.07, 6.45) is 5.42. The van der Waals surface area contributed by atoms with Gasteiger partial charge in [0.15, 0.2) is 0 Å². The molecule has 0 aliphatic carbocycles. The SMILES string of the molecule is CCCCC(CC)CNC(=O)C(C)N(c1ccc(OC)cc1)S(C)(=O)=O. The van der Waals surface area contributed by atoms with E-state index in [9.17, 15) is 13.2 Å². The van der Waals surface area contributed by atoms with Crippen LogP contribution in [0.3, 0.4) is 0 Å². The van der Waals surface area contributed by atoms with Crippen molar-refractivity contribution in [2.45, 2.75) is 52.5 Å². The predicted octanol–water partition coefficient (Wildman–Crippen LogP) is 3.18. The molecule has 0 heterocycles. The molecule has 6 nitrogen and oxygen atoms in total. The van der Waals surface area contributed by atoms with Gasteiger partial charge >= 0.3 is 0 Å². The number of methoxy groups -OCH3 is 1. The highest BCUT2D eigenvalue weighted by Gasteiger charge is 2.29. The number of hydrogen-bond acceptors (Lipinski definition) is 4. The molecule has 0 fully saturated rings. The number of carbonyl (C=O) groups is 1. The van der Waals surface area contributed by atoms with Crippen molar-refractivity contribution >= 4 is 21.6 Å². The van der Waals surface area contributed by atoms with Gasteiger partial charge in [0, 0.05) is 6.54 Å². The van der Waals surface area contributed by atoms with Crippen molar-refractivity contribution in [2.24, 2.45) is 5.92 Å². The first-order valence-electron chi connectivity index (χ1n) is 9.15. The minimum atomic E-state index is -3.61. The third-order valence-corrected chi connectivity index (χ3v) is 5.77. The van der Waals surface area contributed by atoms with Crippen LogP contribution in [0.2, 0.25) is 0 Å². The Bertz CT molecular complexity index is 659. The first-order chi connectivity index (χ1) is 12.2. The fourth-order valence-electron chi connectivity index (χ4n) is 2.87. The molecule has 0 radical (unpaired) electrons. The number of rotatable bonds is 11. The van der Waals surface area contributed by atoms with Crippen molar-refractivity contribution in [3.05, 3.63) is 24.3 Å². The topological polar surface area (TPSA) is 75.7 Å². The van der Waals surface area contributed by atoms with Gasteiger partial charge < -0.3 is 10.1 Å². The molecule has 2 atom stereocenters. The van der Waals surface area contributed by atoms with E-state index < -0.39 is 16.1 Å². The Hall–Kier alpha value is -1.76. The summed E-state index contributed by atoms with van der Waals surface area (Å²) in [7, 11) is -2.06. The second kappa shape index (κ2) is 10.4. The molecule has 0 saturated carbocycles. The molecule has 1 amide bonds. The van der Waals surface area contributed by atoms with Crippen LogP contribution in [-0.4, -0.2) is 40.3 Å². The maximum Gasteiger partial charge on any atom is 0.243 e. The summed E-state index contributed by atoms with van der Waals surface area (Å²) in [5, 5.41) is 2.92. The quantitative estimate of drug-likeness (QED) is 0.636. The highest BCUT2D eigenvalue weighted by Crippen LogP contribution is 2.24. The second-order valence-corrected chi connectivity index (χ2v) is 8.45. The van der Waals surface area contributed by atoms with Crippen molar-refractivity contribution in [1.29, 1.82) is 0 Å². The van der Waals surface area contributed by atoms with E-state index in [1.165, 1.54) is 0 Å². The minimum Gasteiger partial charge on any atom is -0.497 e. The van der Waals surface area contributed by atoms with Crippen molar-refractivity contribution < 1.29 is 17.9 Å². The average molecular weight is 385 g/mol. The van der Waals surface area contributed by atoms with Crippen LogP contribution in [0, 0.1) is 5.92 Å². The summed E-state index contributed by atoms with van der Waals surface area (Å²) in [6, 6.07) is 5.80. The lowest BCUT2D eigenvalue weighted by atomic mass is 9.99. The molecule has 0 aromatic heterocycles. The zero-order valence-corrected chi connectivity index (χ0v) is 17.3. The van der Waals surface area contributed by atoms with Crippen LogP contribution >= 0.6 is 0 Å². The molecular formula is C19H32N2O4S. The molecule has 2 unspecified atom stereocenters. The number of nitrogens with one attached hydrogen (secondary N) is 1. The first kappa shape index (κ1) is 22.3. The summed E-state index contributed by atoms with van der Waals surface area (Å²) in [6.45, 7) is 6.43. The largest absolute Gasteiger partial charge is 0.497 e. The van der Waals surface area contributed by atoms with E-state index in [4.69, 9.17) is 4.74 Å². The summed E-state index contributed by atoms with van der Waals surface area (Å²) < 4.78 is 30.8. The van der Waals surface area contributed by atoms with Crippen LogP contribution in [0.25, 0.3) is 0 Å². The Kier molecular flexibility index (Phi) is 8.92. The summed E-state index contributed by atoms with van der Waals surface area (Å²) >= 11 is 0. The zero-order valence-electron chi connectivity index (χ0n) is 16.5. The molecule has 0 aliphatic rings. The number of amides is 1. The maximum atomic E-state index is 12.6. The Balaban J connectivity index is 2.88. The van der Waals surface area contributed by atoms with Crippen LogP contribution in [0.15, 0.2) is 24.3 Å². The molecule has 26 heavy (non-hydrogen) atoms. The predicted molar refractivity (Wildman–Crippen MR) is 106 cm³/mol. The molecule has 0 bridgehead atoms. The zero-order chi connectivity index (χ0) is 19.7. The number of nitrogens with zero attached hydrogens (tertiary/aromatic N) is 1. The lowest BCUT2D eigenvalue weighted by molar-refractivity contribution is -0.122. The molecule has 1 rings (SSSR count). The second-order valence-electron chi connectivity index (χ2n) is 6.59. The molecule has 0 spiro atoms. The van der Waals surface area contributed by atoms with E-state index in [2.05, 4.69) is 19.2 Å². The van der Waals surface area contributed by atoms with Gasteiger partial charge in [-0.05, 0) is 43.5 Å². The van der Waals surface area contributed by atoms with E-state index in [1.54, 1.807) is 38.3 Å². The molecular weight excluding hydrogens is 352 g/mol. The fraction of sp³-hybridized carbons (Fsp3) is 0.632. The van der Waals surface area contributed by atoms with Crippen LogP contribution in [-0.2, 0) is 14.8 Å². The fourth-order valence-corrected chi connectivity index (χ4v) is 4.05.